The number of aryl methyl sites for hydroxylation is 1. The lowest BCUT2D eigenvalue weighted by Crippen LogP contribution is -2.49. The van der Waals surface area contributed by atoms with Crippen LogP contribution in [0, 0.1) is 5.82 Å². The summed E-state index contributed by atoms with van der Waals surface area (Å²) in [5.41, 5.74) is 4.46. The van der Waals surface area contributed by atoms with E-state index in [0.717, 1.165) is 45.7 Å². The smallest absolute Gasteiger partial charge is 0.214 e. The van der Waals surface area contributed by atoms with Crippen molar-refractivity contribution in [1.29, 1.82) is 0 Å². The number of thiazole rings is 1. The Morgan fingerprint density at radius 3 is 2.50 bits per heavy atom. The number of alkyl halides is 1. The molecule has 3 aromatic heterocycles. The van der Waals surface area contributed by atoms with E-state index in [9.17, 15) is 12.8 Å². The Labute approximate surface area is 231 Å². The van der Waals surface area contributed by atoms with Crippen molar-refractivity contribution < 1.29 is 12.8 Å². The number of aromatic nitrogens is 3. The number of benzene rings is 1. The molecule has 0 atom stereocenters. The summed E-state index contributed by atoms with van der Waals surface area (Å²) < 4.78 is 42.2. The van der Waals surface area contributed by atoms with E-state index in [1.807, 2.05) is 29.5 Å². The molecule has 1 saturated heterocycles. The number of sulfonamides is 1. The van der Waals surface area contributed by atoms with E-state index < -0.39 is 10.0 Å². The summed E-state index contributed by atoms with van der Waals surface area (Å²) in [5.74, 6) is 1.10. The molecular formula is C26H30ClFN6O2S2. The van der Waals surface area contributed by atoms with Gasteiger partial charge in [-0.25, -0.2) is 22.8 Å². The first kappa shape index (κ1) is 26.9. The Morgan fingerprint density at radius 2 is 1.82 bits per heavy atom. The number of hydrogen-bond donors (Lipinski definition) is 0. The first-order valence-corrected chi connectivity index (χ1v) is 15.6. The lowest BCUT2D eigenvalue weighted by atomic mass is 10.2. The van der Waals surface area contributed by atoms with Gasteiger partial charge in [0.2, 0.25) is 10.0 Å². The minimum Gasteiger partial charge on any atom is -0.368 e. The SMILES string of the molecule is CCc1nc2ccc(N3CCN(S(=O)(=O)CCCCl)CC3)cn2c1N(C)c1nc(-c2ccc(F)cc2)cs1. The molecule has 4 heterocycles. The van der Waals surface area contributed by atoms with Gasteiger partial charge in [-0.15, -0.1) is 22.9 Å². The molecule has 5 rings (SSSR count). The second kappa shape index (κ2) is 11.2. The average molecular weight is 577 g/mol. The highest BCUT2D eigenvalue weighted by Crippen LogP contribution is 2.34. The quantitative estimate of drug-likeness (QED) is 0.261. The highest BCUT2D eigenvalue weighted by Gasteiger charge is 2.27. The first-order chi connectivity index (χ1) is 18.3. The third-order valence-corrected chi connectivity index (χ3v) is 9.89. The van der Waals surface area contributed by atoms with Crippen LogP contribution in [-0.2, 0) is 16.4 Å². The zero-order valence-electron chi connectivity index (χ0n) is 21.3. The Hall–Kier alpha value is -2.73. The van der Waals surface area contributed by atoms with Crippen molar-refractivity contribution in [2.24, 2.45) is 0 Å². The van der Waals surface area contributed by atoms with Crippen molar-refractivity contribution in [3.63, 3.8) is 0 Å². The number of pyridine rings is 1. The van der Waals surface area contributed by atoms with Crippen molar-refractivity contribution in [3.05, 3.63) is 59.5 Å². The summed E-state index contributed by atoms with van der Waals surface area (Å²) in [4.78, 5) is 13.9. The van der Waals surface area contributed by atoms with Gasteiger partial charge >= 0.3 is 0 Å². The Kier molecular flexibility index (Phi) is 7.90. The van der Waals surface area contributed by atoms with Gasteiger partial charge in [0.05, 0.1) is 22.8 Å². The molecule has 4 aromatic rings. The highest BCUT2D eigenvalue weighted by atomic mass is 35.5. The number of halogens is 2. The molecule has 12 heteroatoms. The number of hydrogen-bond acceptors (Lipinski definition) is 7. The summed E-state index contributed by atoms with van der Waals surface area (Å²) in [6.07, 6.45) is 3.28. The molecule has 1 aliphatic heterocycles. The second-order valence-electron chi connectivity index (χ2n) is 9.18. The van der Waals surface area contributed by atoms with Crippen molar-refractivity contribution in [1.82, 2.24) is 18.7 Å². The van der Waals surface area contributed by atoms with E-state index in [2.05, 4.69) is 22.4 Å². The van der Waals surface area contributed by atoms with Gasteiger partial charge in [-0.2, -0.15) is 4.31 Å². The third kappa shape index (κ3) is 5.38. The van der Waals surface area contributed by atoms with Gasteiger partial charge in [-0.1, -0.05) is 6.92 Å². The fourth-order valence-electron chi connectivity index (χ4n) is 4.70. The minimum absolute atomic E-state index is 0.0899. The minimum atomic E-state index is -3.28. The molecular weight excluding hydrogens is 547 g/mol. The van der Waals surface area contributed by atoms with E-state index in [1.165, 1.54) is 23.5 Å². The molecule has 0 saturated carbocycles. The normalized spacial score (nSPS) is 14.9. The Balaban J connectivity index is 1.40. The number of piperazine rings is 1. The van der Waals surface area contributed by atoms with Crippen LogP contribution in [0.3, 0.4) is 0 Å². The van der Waals surface area contributed by atoms with Crippen molar-refractivity contribution >= 4 is 55.2 Å². The Bertz CT molecular complexity index is 1510. The zero-order valence-corrected chi connectivity index (χ0v) is 23.7. The predicted molar refractivity (Wildman–Crippen MR) is 153 cm³/mol. The summed E-state index contributed by atoms with van der Waals surface area (Å²) >= 11 is 7.22. The molecule has 202 valence electrons. The van der Waals surface area contributed by atoms with Gasteiger partial charge in [-0.05, 0) is 49.2 Å². The van der Waals surface area contributed by atoms with Crippen LogP contribution in [0.1, 0.15) is 19.0 Å². The van der Waals surface area contributed by atoms with Crippen molar-refractivity contribution in [3.8, 4) is 11.3 Å². The number of rotatable bonds is 9. The molecule has 1 fully saturated rings. The van der Waals surface area contributed by atoms with Crippen LogP contribution in [0.25, 0.3) is 16.9 Å². The summed E-state index contributed by atoms with van der Waals surface area (Å²) in [7, 11) is -1.30. The monoisotopic (exact) mass is 576 g/mol. The highest BCUT2D eigenvalue weighted by molar-refractivity contribution is 7.89. The fourth-order valence-corrected chi connectivity index (χ4v) is 7.28. The van der Waals surface area contributed by atoms with E-state index in [4.69, 9.17) is 21.6 Å². The van der Waals surface area contributed by atoms with E-state index in [0.29, 0.717) is 38.5 Å². The van der Waals surface area contributed by atoms with Gasteiger partial charge in [0.15, 0.2) is 5.13 Å². The molecule has 0 N–H and O–H groups in total. The van der Waals surface area contributed by atoms with Crippen molar-refractivity contribution in [2.45, 2.75) is 19.8 Å². The molecule has 0 unspecified atom stereocenters. The zero-order chi connectivity index (χ0) is 26.9. The number of anilines is 3. The molecule has 0 radical (unpaired) electrons. The first-order valence-electron chi connectivity index (χ1n) is 12.6. The van der Waals surface area contributed by atoms with Crippen LogP contribution in [0.15, 0.2) is 48.0 Å². The van der Waals surface area contributed by atoms with Crippen molar-refractivity contribution in [2.75, 3.05) is 54.7 Å². The van der Waals surface area contributed by atoms with Gasteiger partial charge in [0.1, 0.15) is 17.3 Å². The lowest BCUT2D eigenvalue weighted by molar-refractivity contribution is 0.384. The topological polar surface area (TPSA) is 74.1 Å². The second-order valence-corrected chi connectivity index (χ2v) is 12.5. The number of nitrogens with zero attached hydrogens (tertiary/aromatic N) is 6. The summed E-state index contributed by atoms with van der Waals surface area (Å²) in [6.45, 7) is 4.20. The van der Waals surface area contributed by atoms with Crippen LogP contribution in [-0.4, -0.2) is 72.0 Å². The summed E-state index contributed by atoms with van der Waals surface area (Å²) in [5, 5.41) is 2.78. The number of fused-ring (bicyclic) bond motifs is 1. The van der Waals surface area contributed by atoms with Crippen LogP contribution < -0.4 is 9.80 Å². The van der Waals surface area contributed by atoms with Gasteiger partial charge in [0.25, 0.3) is 0 Å². The van der Waals surface area contributed by atoms with Gasteiger partial charge in [-0.3, -0.25) is 4.40 Å². The van der Waals surface area contributed by atoms with E-state index in [-0.39, 0.29) is 11.6 Å². The Morgan fingerprint density at radius 1 is 1.08 bits per heavy atom. The third-order valence-electron chi connectivity index (χ3n) is 6.75. The molecule has 1 aliphatic rings. The fraction of sp³-hybridized carbons (Fsp3) is 0.385. The molecule has 38 heavy (non-hydrogen) atoms. The maximum absolute atomic E-state index is 13.4. The van der Waals surface area contributed by atoms with E-state index in [1.54, 1.807) is 16.4 Å². The predicted octanol–water partition coefficient (Wildman–Crippen LogP) is 5.01. The molecule has 0 bridgehead atoms. The molecule has 0 aliphatic carbocycles. The van der Waals surface area contributed by atoms with Crippen LogP contribution in [0.2, 0.25) is 0 Å². The molecule has 0 spiro atoms. The van der Waals surface area contributed by atoms with Gasteiger partial charge in [0, 0.05) is 56.2 Å². The molecule has 1 aromatic carbocycles. The van der Waals surface area contributed by atoms with Crippen LogP contribution in [0.4, 0.5) is 21.0 Å². The van der Waals surface area contributed by atoms with Gasteiger partial charge < -0.3 is 9.80 Å². The molecule has 8 nitrogen and oxygen atoms in total. The number of imidazole rings is 1. The van der Waals surface area contributed by atoms with E-state index >= 15 is 0 Å². The lowest BCUT2D eigenvalue weighted by Gasteiger charge is -2.35. The summed E-state index contributed by atoms with van der Waals surface area (Å²) in [6, 6.07) is 10.4. The maximum atomic E-state index is 13.4. The van der Waals surface area contributed by atoms with Crippen LogP contribution in [0.5, 0.6) is 0 Å². The maximum Gasteiger partial charge on any atom is 0.214 e. The standard InChI is InChI=1S/C26H30ClFN6O2S2/c1-3-22-25(31(2)26-30-23(18-37-26)19-5-7-20(28)8-6-19)34-17-21(9-10-24(34)29-22)32-12-14-33(15-13-32)38(35,36)16-4-11-27/h5-10,17-18H,3-4,11-16H2,1-2H3. The molecule has 0 amide bonds. The van der Waals surface area contributed by atoms with Crippen LogP contribution >= 0.6 is 22.9 Å². The largest absolute Gasteiger partial charge is 0.368 e. The average Bonchev–Trinajstić information content (AvgIpc) is 3.57.